The summed E-state index contributed by atoms with van der Waals surface area (Å²) in [7, 11) is 1.87. The van der Waals surface area contributed by atoms with Crippen molar-refractivity contribution in [3.63, 3.8) is 0 Å². The second-order valence-electron chi connectivity index (χ2n) is 5.16. The van der Waals surface area contributed by atoms with Gasteiger partial charge in [-0.3, -0.25) is 9.48 Å². The van der Waals surface area contributed by atoms with Crippen LogP contribution in [0.4, 0.5) is 0 Å². The van der Waals surface area contributed by atoms with Gasteiger partial charge in [0.05, 0.1) is 12.2 Å². The number of benzene rings is 1. The summed E-state index contributed by atoms with van der Waals surface area (Å²) in [5, 5.41) is 7.78. The van der Waals surface area contributed by atoms with E-state index in [1.54, 1.807) is 10.9 Å². The predicted octanol–water partition coefficient (Wildman–Crippen LogP) is 2.49. The van der Waals surface area contributed by atoms with Crippen molar-refractivity contribution in [1.82, 2.24) is 15.1 Å². The fourth-order valence-electron chi connectivity index (χ4n) is 2.45. The van der Waals surface area contributed by atoms with Gasteiger partial charge in [-0.1, -0.05) is 23.7 Å². The third-order valence-corrected chi connectivity index (χ3v) is 4.04. The lowest BCUT2D eigenvalue weighted by molar-refractivity contribution is -0.122. The molecular formula is C15H16ClN3O. The molecule has 0 saturated heterocycles. The number of rotatable bonds is 4. The van der Waals surface area contributed by atoms with E-state index in [0.29, 0.717) is 12.5 Å². The molecule has 1 amide bonds. The van der Waals surface area contributed by atoms with Crippen LogP contribution < -0.4 is 5.32 Å². The Morgan fingerprint density at radius 3 is 2.80 bits per heavy atom. The van der Waals surface area contributed by atoms with Crippen LogP contribution in [-0.4, -0.2) is 15.7 Å². The van der Waals surface area contributed by atoms with Crippen molar-refractivity contribution in [1.29, 1.82) is 0 Å². The van der Waals surface area contributed by atoms with Crippen molar-refractivity contribution in [3.8, 4) is 0 Å². The lowest BCUT2D eigenvalue weighted by atomic mass is 10.1. The Labute approximate surface area is 122 Å². The first-order valence-corrected chi connectivity index (χ1v) is 7.03. The summed E-state index contributed by atoms with van der Waals surface area (Å²) in [5.74, 6) is 0.536. The molecule has 2 aromatic rings. The molecule has 0 aliphatic heterocycles. The Hall–Kier alpha value is -1.81. The Morgan fingerprint density at radius 2 is 2.15 bits per heavy atom. The van der Waals surface area contributed by atoms with Gasteiger partial charge < -0.3 is 5.32 Å². The van der Waals surface area contributed by atoms with Crippen LogP contribution in [0.1, 0.15) is 23.6 Å². The van der Waals surface area contributed by atoms with Gasteiger partial charge in [0.2, 0.25) is 5.91 Å². The van der Waals surface area contributed by atoms with Crippen LogP contribution in [0.5, 0.6) is 0 Å². The molecule has 104 valence electrons. The number of aryl methyl sites for hydroxylation is 1. The number of hydrogen-bond acceptors (Lipinski definition) is 2. The van der Waals surface area contributed by atoms with Gasteiger partial charge in [0, 0.05) is 24.2 Å². The highest BCUT2D eigenvalue weighted by Crippen LogP contribution is 2.47. The van der Waals surface area contributed by atoms with E-state index in [1.807, 2.05) is 37.4 Å². The maximum Gasteiger partial charge on any atom is 0.224 e. The van der Waals surface area contributed by atoms with Gasteiger partial charge in [-0.15, -0.1) is 0 Å². The predicted molar refractivity (Wildman–Crippen MR) is 77.4 cm³/mol. The number of nitrogens with one attached hydrogen (secondary N) is 1. The van der Waals surface area contributed by atoms with Gasteiger partial charge >= 0.3 is 0 Å². The fraction of sp³-hybridized carbons (Fsp3) is 0.333. The van der Waals surface area contributed by atoms with Gasteiger partial charge in [0.25, 0.3) is 0 Å². The van der Waals surface area contributed by atoms with Gasteiger partial charge in [-0.2, -0.15) is 5.10 Å². The fourth-order valence-corrected chi connectivity index (χ4v) is 2.57. The van der Waals surface area contributed by atoms with Crippen molar-refractivity contribution in [2.45, 2.75) is 18.9 Å². The molecule has 0 unspecified atom stereocenters. The first kappa shape index (κ1) is 13.2. The van der Waals surface area contributed by atoms with E-state index in [0.717, 1.165) is 17.1 Å². The van der Waals surface area contributed by atoms with Gasteiger partial charge in [0.1, 0.15) is 0 Å². The Kier molecular flexibility index (Phi) is 3.49. The van der Waals surface area contributed by atoms with Crippen LogP contribution in [0.15, 0.2) is 36.5 Å². The minimum Gasteiger partial charge on any atom is -0.350 e. The molecule has 0 spiro atoms. The Balaban J connectivity index is 1.55. The molecule has 1 N–H and O–H groups in total. The third kappa shape index (κ3) is 2.70. The number of hydrogen-bond donors (Lipinski definition) is 1. The van der Waals surface area contributed by atoms with Crippen LogP contribution >= 0.6 is 11.6 Å². The molecule has 1 saturated carbocycles. The molecule has 0 bridgehead atoms. The van der Waals surface area contributed by atoms with E-state index in [-0.39, 0.29) is 11.8 Å². The second-order valence-corrected chi connectivity index (χ2v) is 5.60. The van der Waals surface area contributed by atoms with E-state index in [4.69, 9.17) is 11.6 Å². The SMILES string of the molecule is Cn1nccc1CNC(=O)[C@@H]1C[C@H]1c1ccc(Cl)cc1. The Morgan fingerprint density at radius 1 is 1.40 bits per heavy atom. The van der Waals surface area contributed by atoms with Gasteiger partial charge in [-0.25, -0.2) is 0 Å². The molecule has 20 heavy (non-hydrogen) atoms. The molecule has 1 fully saturated rings. The van der Waals surface area contributed by atoms with Gasteiger partial charge in [-0.05, 0) is 36.1 Å². The topological polar surface area (TPSA) is 46.9 Å². The van der Waals surface area contributed by atoms with Crippen molar-refractivity contribution in [2.24, 2.45) is 13.0 Å². The van der Waals surface area contributed by atoms with Crippen LogP contribution in [0.25, 0.3) is 0 Å². The average Bonchev–Trinajstić information content (AvgIpc) is 3.14. The summed E-state index contributed by atoms with van der Waals surface area (Å²) in [6, 6.07) is 9.66. The molecule has 1 aromatic carbocycles. The van der Waals surface area contributed by atoms with E-state index >= 15 is 0 Å². The molecule has 2 atom stereocenters. The molecular weight excluding hydrogens is 274 g/mol. The molecule has 3 rings (SSSR count). The normalized spacial score (nSPS) is 20.7. The smallest absolute Gasteiger partial charge is 0.224 e. The van der Waals surface area contributed by atoms with Crippen molar-refractivity contribution >= 4 is 17.5 Å². The summed E-state index contributed by atoms with van der Waals surface area (Å²) in [6.45, 7) is 0.527. The summed E-state index contributed by atoms with van der Waals surface area (Å²) >= 11 is 5.87. The molecule has 4 nitrogen and oxygen atoms in total. The molecule has 1 aromatic heterocycles. The van der Waals surface area contributed by atoms with Crippen molar-refractivity contribution < 1.29 is 4.79 Å². The lowest BCUT2D eigenvalue weighted by Crippen LogP contribution is -2.25. The van der Waals surface area contributed by atoms with Crippen molar-refractivity contribution in [3.05, 3.63) is 52.8 Å². The quantitative estimate of drug-likeness (QED) is 0.940. The summed E-state index contributed by atoms with van der Waals surface area (Å²) in [4.78, 5) is 12.1. The van der Waals surface area contributed by atoms with E-state index in [1.165, 1.54) is 5.56 Å². The number of halogens is 1. The maximum atomic E-state index is 12.1. The first-order valence-electron chi connectivity index (χ1n) is 6.65. The molecule has 1 heterocycles. The summed E-state index contributed by atoms with van der Waals surface area (Å²) in [6.07, 6.45) is 2.65. The number of amides is 1. The standard InChI is InChI=1S/C15H16ClN3O/c1-19-12(6-7-18-19)9-17-15(20)14-8-13(14)10-2-4-11(16)5-3-10/h2-7,13-14H,8-9H2,1H3,(H,17,20)/t13-,14+/m0/s1. The zero-order valence-electron chi connectivity index (χ0n) is 11.2. The number of carbonyl (C=O) groups is 1. The number of carbonyl (C=O) groups excluding carboxylic acids is 1. The average molecular weight is 290 g/mol. The number of aromatic nitrogens is 2. The largest absolute Gasteiger partial charge is 0.350 e. The van der Waals surface area contributed by atoms with Gasteiger partial charge in [0.15, 0.2) is 0 Å². The minimum atomic E-state index is 0.0874. The number of nitrogens with zero attached hydrogens (tertiary/aromatic N) is 2. The van der Waals surface area contributed by atoms with E-state index in [9.17, 15) is 4.79 Å². The monoisotopic (exact) mass is 289 g/mol. The lowest BCUT2D eigenvalue weighted by Gasteiger charge is -2.05. The van der Waals surface area contributed by atoms with Crippen LogP contribution in [0.2, 0.25) is 5.02 Å². The maximum absolute atomic E-state index is 12.1. The molecule has 1 aliphatic rings. The summed E-state index contributed by atoms with van der Waals surface area (Å²) < 4.78 is 1.77. The highest BCUT2D eigenvalue weighted by atomic mass is 35.5. The zero-order valence-corrected chi connectivity index (χ0v) is 12.0. The van der Waals surface area contributed by atoms with Crippen LogP contribution in [-0.2, 0) is 18.4 Å². The molecule has 5 heteroatoms. The summed E-state index contributed by atoms with van der Waals surface area (Å²) in [5.41, 5.74) is 2.19. The first-order chi connectivity index (χ1) is 9.65. The molecule has 1 aliphatic carbocycles. The zero-order chi connectivity index (χ0) is 14.1. The van der Waals surface area contributed by atoms with Crippen molar-refractivity contribution in [2.75, 3.05) is 0 Å². The van der Waals surface area contributed by atoms with E-state index in [2.05, 4.69) is 10.4 Å². The highest BCUT2D eigenvalue weighted by molar-refractivity contribution is 6.30. The minimum absolute atomic E-state index is 0.0874. The second kappa shape index (κ2) is 5.29. The third-order valence-electron chi connectivity index (χ3n) is 3.79. The van der Waals surface area contributed by atoms with E-state index < -0.39 is 0 Å². The van der Waals surface area contributed by atoms with Crippen LogP contribution in [0, 0.1) is 5.92 Å². The highest BCUT2D eigenvalue weighted by Gasteiger charge is 2.43. The molecule has 0 radical (unpaired) electrons. The Bertz CT molecular complexity index is 620. The van der Waals surface area contributed by atoms with Crippen LogP contribution in [0.3, 0.4) is 0 Å².